The molecule has 2 N–H and O–H groups in total. The molecule has 0 radical (unpaired) electrons. The van der Waals surface area contributed by atoms with Gasteiger partial charge in [0.05, 0.1) is 18.1 Å². The molecule has 0 aromatic carbocycles. The first kappa shape index (κ1) is 14.5. The van der Waals surface area contributed by atoms with Crippen molar-refractivity contribution in [2.75, 3.05) is 13.1 Å². The number of hydrogen-bond acceptors (Lipinski definition) is 3. The van der Waals surface area contributed by atoms with Crippen molar-refractivity contribution in [2.45, 2.75) is 58.7 Å². The van der Waals surface area contributed by atoms with Crippen LogP contribution in [0.25, 0.3) is 0 Å². The minimum atomic E-state index is 0.283. The van der Waals surface area contributed by atoms with Crippen LogP contribution in [0.5, 0.6) is 0 Å². The molecule has 19 heavy (non-hydrogen) atoms. The highest BCUT2D eigenvalue weighted by Gasteiger charge is 2.30. The van der Waals surface area contributed by atoms with E-state index in [0.717, 1.165) is 6.54 Å². The van der Waals surface area contributed by atoms with Crippen LogP contribution in [0.2, 0.25) is 0 Å². The monoisotopic (exact) mass is 264 g/mol. The normalized spacial score (nSPS) is 17.7. The zero-order valence-electron chi connectivity index (χ0n) is 12.7. The van der Waals surface area contributed by atoms with Crippen molar-refractivity contribution >= 4 is 0 Å². The Hall–Kier alpha value is -0.870. The van der Waals surface area contributed by atoms with Gasteiger partial charge in [0.15, 0.2) is 0 Å². The second kappa shape index (κ2) is 6.06. The van der Waals surface area contributed by atoms with Gasteiger partial charge in [-0.3, -0.25) is 4.90 Å². The second-order valence-corrected chi connectivity index (χ2v) is 6.39. The number of aromatic nitrogens is 2. The Bertz CT molecular complexity index is 393. The van der Waals surface area contributed by atoms with Crippen LogP contribution in [0.3, 0.4) is 0 Å². The molecule has 0 amide bonds. The largest absolute Gasteiger partial charge is 0.330 e. The first-order valence-electron chi connectivity index (χ1n) is 7.52. The van der Waals surface area contributed by atoms with Gasteiger partial charge >= 0.3 is 0 Å². The molecule has 1 aromatic rings. The van der Waals surface area contributed by atoms with Gasteiger partial charge in [0.1, 0.15) is 0 Å². The van der Waals surface area contributed by atoms with E-state index in [1.165, 1.54) is 18.5 Å². The molecule has 1 saturated carbocycles. The molecule has 0 bridgehead atoms. The van der Waals surface area contributed by atoms with E-state index < -0.39 is 0 Å². The lowest BCUT2D eigenvalue weighted by molar-refractivity contribution is 0.133. The summed E-state index contributed by atoms with van der Waals surface area (Å²) in [5.74, 6) is 0.647. The zero-order chi connectivity index (χ0) is 14.0. The lowest BCUT2D eigenvalue weighted by atomic mass is 10.1. The van der Waals surface area contributed by atoms with Crippen molar-refractivity contribution in [3.8, 4) is 0 Å². The smallest absolute Gasteiger partial charge is 0.0951 e. The topological polar surface area (TPSA) is 47.1 Å². The third kappa shape index (κ3) is 3.37. The highest BCUT2D eigenvalue weighted by Crippen LogP contribution is 2.38. The molecule has 0 aliphatic heterocycles. The van der Waals surface area contributed by atoms with E-state index in [1.807, 2.05) is 12.5 Å². The van der Waals surface area contributed by atoms with Crippen LogP contribution in [0.1, 0.15) is 58.3 Å². The number of hydrogen-bond donors (Lipinski definition) is 1. The Kier molecular flexibility index (Phi) is 4.63. The van der Waals surface area contributed by atoms with E-state index in [0.29, 0.717) is 24.5 Å². The van der Waals surface area contributed by atoms with Crippen LogP contribution in [0, 0.1) is 5.92 Å². The fraction of sp³-hybridized carbons (Fsp3) is 0.800. The second-order valence-electron chi connectivity index (χ2n) is 6.39. The SMILES string of the molecule is CC(C)CN(C(C)C)C(CN)c1cncn1C1CC1. The van der Waals surface area contributed by atoms with Crippen molar-refractivity contribution in [3.05, 3.63) is 18.2 Å². The molecule has 1 aliphatic rings. The van der Waals surface area contributed by atoms with Crippen molar-refractivity contribution in [3.63, 3.8) is 0 Å². The summed E-state index contributed by atoms with van der Waals surface area (Å²) in [5, 5.41) is 0. The molecule has 1 heterocycles. The van der Waals surface area contributed by atoms with Gasteiger partial charge in [-0.05, 0) is 32.6 Å². The standard InChI is InChI=1S/C15H28N4/c1-11(2)9-18(12(3)4)14(7-16)15-8-17-10-19(15)13-5-6-13/h8,10-14H,5-7,9,16H2,1-4H3. The summed E-state index contributed by atoms with van der Waals surface area (Å²) in [6, 6.07) is 1.45. The van der Waals surface area contributed by atoms with E-state index in [9.17, 15) is 0 Å². The maximum Gasteiger partial charge on any atom is 0.0951 e. The van der Waals surface area contributed by atoms with Gasteiger partial charge in [0, 0.05) is 31.4 Å². The van der Waals surface area contributed by atoms with E-state index in [4.69, 9.17) is 5.73 Å². The number of nitrogens with zero attached hydrogens (tertiary/aromatic N) is 3. The summed E-state index contributed by atoms with van der Waals surface area (Å²) in [4.78, 5) is 6.87. The average molecular weight is 264 g/mol. The Morgan fingerprint density at radius 3 is 2.53 bits per heavy atom. The van der Waals surface area contributed by atoms with Crippen LogP contribution in [-0.2, 0) is 0 Å². The summed E-state index contributed by atoms with van der Waals surface area (Å²) >= 11 is 0. The Morgan fingerprint density at radius 2 is 2.05 bits per heavy atom. The molecular formula is C15H28N4. The summed E-state index contributed by atoms with van der Waals surface area (Å²) in [7, 11) is 0. The Balaban J connectivity index is 2.22. The fourth-order valence-corrected chi connectivity index (χ4v) is 2.78. The predicted octanol–water partition coefficient (Wildman–Crippen LogP) is 2.58. The first-order valence-corrected chi connectivity index (χ1v) is 7.52. The van der Waals surface area contributed by atoms with E-state index in [2.05, 4.69) is 42.1 Å². The third-order valence-corrected chi connectivity index (χ3v) is 3.84. The predicted molar refractivity (Wildman–Crippen MR) is 79.0 cm³/mol. The molecule has 4 heteroatoms. The number of nitrogens with two attached hydrogens (primary N) is 1. The van der Waals surface area contributed by atoms with E-state index in [-0.39, 0.29) is 6.04 Å². The molecule has 1 aromatic heterocycles. The fourth-order valence-electron chi connectivity index (χ4n) is 2.78. The van der Waals surface area contributed by atoms with Gasteiger partial charge in [-0.25, -0.2) is 4.98 Å². The molecule has 1 unspecified atom stereocenters. The van der Waals surface area contributed by atoms with Crippen molar-refractivity contribution < 1.29 is 0 Å². The average Bonchev–Trinajstić information content (AvgIpc) is 3.08. The van der Waals surface area contributed by atoms with Crippen LogP contribution >= 0.6 is 0 Å². The van der Waals surface area contributed by atoms with Gasteiger partial charge in [0.25, 0.3) is 0 Å². The summed E-state index contributed by atoms with van der Waals surface area (Å²) in [6.07, 6.45) is 6.55. The highest BCUT2D eigenvalue weighted by molar-refractivity contribution is 5.10. The van der Waals surface area contributed by atoms with Gasteiger partial charge < -0.3 is 10.3 Å². The Morgan fingerprint density at radius 1 is 1.37 bits per heavy atom. The summed E-state index contributed by atoms with van der Waals surface area (Å²) < 4.78 is 2.34. The summed E-state index contributed by atoms with van der Waals surface area (Å²) in [6.45, 7) is 10.8. The molecule has 108 valence electrons. The quantitative estimate of drug-likeness (QED) is 0.823. The van der Waals surface area contributed by atoms with Crippen LogP contribution in [0.4, 0.5) is 0 Å². The maximum atomic E-state index is 6.09. The summed E-state index contributed by atoms with van der Waals surface area (Å²) in [5.41, 5.74) is 7.38. The van der Waals surface area contributed by atoms with Crippen LogP contribution in [0.15, 0.2) is 12.5 Å². The lowest BCUT2D eigenvalue weighted by Gasteiger charge is -2.36. The van der Waals surface area contributed by atoms with Gasteiger partial charge in [-0.15, -0.1) is 0 Å². The molecule has 0 saturated heterocycles. The van der Waals surface area contributed by atoms with Gasteiger partial charge in [-0.1, -0.05) is 13.8 Å². The number of imidazole rings is 1. The molecular weight excluding hydrogens is 236 g/mol. The van der Waals surface area contributed by atoms with Crippen LogP contribution in [-0.4, -0.2) is 33.6 Å². The molecule has 1 atom stereocenters. The molecule has 4 nitrogen and oxygen atoms in total. The number of rotatable bonds is 7. The molecule has 1 fully saturated rings. The minimum Gasteiger partial charge on any atom is -0.330 e. The van der Waals surface area contributed by atoms with Gasteiger partial charge in [-0.2, -0.15) is 0 Å². The van der Waals surface area contributed by atoms with Crippen molar-refractivity contribution in [2.24, 2.45) is 11.7 Å². The van der Waals surface area contributed by atoms with Crippen molar-refractivity contribution in [1.29, 1.82) is 0 Å². The van der Waals surface area contributed by atoms with E-state index >= 15 is 0 Å². The van der Waals surface area contributed by atoms with E-state index in [1.54, 1.807) is 0 Å². The van der Waals surface area contributed by atoms with Gasteiger partial charge in [0.2, 0.25) is 0 Å². The third-order valence-electron chi connectivity index (χ3n) is 3.84. The van der Waals surface area contributed by atoms with Crippen LogP contribution < -0.4 is 5.73 Å². The zero-order valence-corrected chi connectivity index (χ0v) is 12.7. The first-order chi connectivity index (χ1) is 9.04. The molecule has 1 aliphatic carbocycles. The lowest BCUT2D eigenvalue weighted by Crippen LogP contribution is -2.41. The Labute approximate surface area is 117 Å². The highest BCUT2D eigenvalue weighted by atomic mass is 15.2. The maximum absolute atomic E-state index is 6.09. The molecule has 0 spiro atoms. The minimum absolute atomic E-state index is 0.283. The van der Waals surface area contributed by atoms with Crippen molar-refractivity contribution in [1.82, 2.24) is 14.5 Å². The molecule has 2 rings (SSSR count).